The molecule has 1 atom stereocenters. The molecule has 3 heteroatoms. The second-order valence-corrected chi connectivity index (χ2v) is 3.92. The van der Waals surface area contributed by atoms with Gasteiger partial charge in [-0.1, -0.05) is 12.2 Å². The van der Waals surface area contributed by atoms with Crippen molar-refractivity contribution < 1.29 is 0 Å². The zero-order chi connectivity index (χ0) is 10.8. The van der Waals surface area contributed by atoms with E-state index >= 15 is 0 Å². The van der Waals surface area contributed by atoms with Crippen molar-refractivity contribution in [3.63, 3.8) is 0 Å². The number of nitrogens with one attached hydrogen (secondary N) is 2. The lowest BCUT2D eigenvalue weighted by molar-refractivity contribution is 0.645. The molecule has 1 heterocycles. The minimum Gasteiger partial charge on any atom is -0.329 e. The summed E-state index contributed by atoms with van der Waals surface area (Å²) < 4.78 is 0. The molecule has 80 valence electrons. The average molecular weight is 204 g/mol. The van der Waals surface area contributed by atoms with Crippen molar-refractivity contribution in [3.05, 3.63) is 39.3 Å². The summed E-state index contributed by atoms with van der Waals surface area (Å²) in [6, 6.07) is 0.262. The molecule has 0 saturated carbocycles. The van der Waals surface area contributed by atoms with Crippen molar-refractivity contribution in [1.29, 1.82) is 0 Å². The van der Waals surface area contributed by atoms with Crippen LogP contribution in [-0.4, -0.2) is 12.0 Å². The number of hydrogen-bond donors (Lipinski definition) is 2. The van der Waals surface area contributed by atoms with E-state index in [1.807, 2.05) is 13.2 Å². The Hall–Kier alpha value is -1.35. The van der Waals surface area contributed by atoms with Gasteiger partial charge < -0.3 is 10.3 Å². The first-order chi connectivity index (χ1) is 7.24. The predicted molar refractivity (Wildman–Crippen MR) is 61.9 cm³/mol. The molecule has 2 rings (SSSR count). The van der Waals surface area contributed by atoms with Crippen molar-refractivity contribution in [2.45, 2.75) is 25.8 Å². The maximum atomic E-state index is 11.6. The van der Waals surface area contributed by atoms with Crippen LogP contribution in [0.5, 0.6) is 0 Å². The molecule has 0 radical (unpaired) electrons. The summed E-state index contributed by atoms with van der Waals surface area (Å²) in [5.41, 5.74) is 3.26. The Labute approximate surface area is 89.2 Å². The summed E-state index contributed by atoms with van der Waals surface area (Å²) in [5.74, 6) is 0. The van der Waals surface area contributed by atoms with Crippen molar-refractivity contribution in [1.82, 2.24) is 10.3 Å². The number of aromatic nitrogens is 1. The molecule has 1 aliphatic carbocycles. The van der Waals surface area contributed by atoms with E-state index in [4.69, 9.17) is 0 Å². The van der Waals surface area contributed by atoms with Crippen LogP contribution in [0.25, 0.3) is 6.08 Å². The van der Waals surface area contributed by atoms with Gasteiger partial charge >= 0.3 is 0 Å². The predicted octanol–water partition coefficient (Wildman–Crippen LogP) is 1.61. The summed E-state index contributed by atoms with van der Waals surface area (Å²) in [5, 5.41) is 3.19. The molecule has 2 N–H and O–H groups in total. The molecule has 1 aromatic heterocycles. The molecule has 0 saturated heterocycles. The molecule has 0 fully saturated rings. The van der Waals surface area contributed by atoms with Crippen LogP contribution in [0.4, 0.5) is 0 Å². The van der Waals surface area contributed by atoms with Gasteiger partial charge in [0, 0.05) is 17.8 Å². The summed E-state index contributed by atoms with van der Waals surface area (Å²) in [6.45, 7) is 2.09. The summed E-state index contributed by atoms with van der Waals surface area (Å²) in [4.78, 5) is 14.4. The van der Waals surface area contributed by atoms with Gasteiger partial charge in [-0.15, -0.1) is 0 Å². The molecule has 0 unspecified atom stereocenters. The molecule has 0 aliphatic heterocycles. The largest absolute Gasteiger partial charge is 0.329 e. The Balaban J connectivity index is 2.59. The molecule has 1 aromatic rings. The van der Waals surface area contributed by atoms with E-state index in [0.717, 1.165) is 24.0 Å². The van der Waals surface area contributed by atoms with Gasteiger partial charge in [0.25, 0.3) is 5.56 Å². The van der Waals surface area contributed by atoms with Crippen LogP contribution in [0, 0.1) is 0 Å². The fraction of sp³-hybridized carbons (Fsp3) is 0.417. The quantitative estimate of drug-likeness (QED) is 0.768. The zero-order valence-electron chi connectivity index (χ0n) is 9.13. The molecule has 0 spiro atoms. The Morgan fingerprint density at radius 3 is 3.07 bits per heavy atom. The highest BCUT2D eigenvalue weighted by atomic mass is 16.1. The Morgan fingerprint density at radius 1 is 1.53 bits per heavy atom. The molecular weight excluding hydrogens is 188 g/mol. The van der Waals surface area contributed by atoms with E-state index < -0.39 is 0 Å². The van der Waals surface area contributed by atoms with E-state index in [1.165, 1.54) is 5.56 Å². The lowest BCUT2D eigenvalue weighted by Crippen LogP contribution is -2.21. The number of rotatable bonds is 2. The van der Waals surface area contributed by atoms with Gasteiger partial charge in [-0.2, -0.15) is 0 Å². The van der Waals surface area contributed by atoms with Crippen LogP contribution < -0.4 is 10.9 Å². The fourth-order valence-electron chi connectivity index (χ4n) is 1.99. The third-order valence-corrected chi connectivity index (χ3v) is 3.01. The van der Waals surface area contributed by atoms with Gasteiger partial charge in [-0.25, -0.2) is 0 Å². The summed E-state index contributed by atoms with van der Waals surface area (Å²) in [7, 11) is 1.93. The SMILES string of the molecule is CN[C@H](C)c1c[nH]c(=O)c2c1C=CCC2. The second kappa shape index (κ2) is 4.03. The topological polar surface area (TPSA) is 44.9 Å². The first-order valence-electron chi connectivity index (χ1n) is 5.32. The first kappa shape index (κ1) is 10.2. The van der Waals surface area contributed by atoms with E-state index in [-0.39, 0.29) is 11.6 Å². The molecule has 15 heavy (non-hydrogen) atoms. The van der Waals surface area contributed by atoms with E-state index in [0.29, 0.717) is 0 Å². The van der Waals surface area contributed by atoms with Gasteiger partial charge in [0.15, 0.2) is 0 Å². The summed E-state index contributed by atoms with van der Waals surface area (Å²) in [6.07, 6.45) is 7.84. The highest BCUT2D eigenvalue weighted by molar-refractivity contribution is 5.59. The van der Waals surface area contributed by atoms with Crippen molar-refractivity contribution in [2.24, 2.45) is 0 Å². The van der Waals surface area contributed by atoms with Crippen LogP contribution >= 0.6 is 0 Å². The lowest BCUT2D eigenvalue weighted by atomic mass is 9.93. The number of allylic oxidation sites excluding steroid dienone is 1. The van der Waals surface area contributed by atoms with Crippen LogP contribution in [0.3, 0.4) is 0 Å². The molecule has 0 amide bonds. The first-order valence-corrected chi connectivity index (χ1v) is 5.32. The highest BCUT2D eigenvalue weighted by Crippen LogP contribution is 2.23. The molecule has 1 aliphatic rings. The highest BCUT2D eigenvalue weighted by Gasteiger charge is 2.15. The second-order valence-electron chi connectivity index (χ2n) is 3.92. The van der Waals surface area contributed by atoms with Gasteiger partial charge in [0.2, 0.25) is 0 Å². The van der Waals surface area contributed by atoms with Gasteiger partial charge in [0.1, 0.15) is 0 Å². The maximum Gasteiger partial charge on any atom is 0.251 e. The van der Waals surface area contributed by atoms with Crippen molar-refractivity contribution in [3.8, 4) is 0 Å². The Bertz CT molecular complexity index is 445. The number of fused-ring (bicyclic) bond motifs is 1. The monoisotopic (exact) mass is 204 g/mol. The zero-order valence-corrected chi connectivity index (χ0v) is 9.13. The van der Waals surface area contributed by atoms with Crippen molar-refractivity contribution in [2.75, 3.05) is 7.05 Å². The van der Waals surface area contributed by atoms with E-state index in [9.17, 15) is 4.79 Å². The van der Waals surface area contributed by atoms with Crippen LogP contribution in [0.15, 0.2) is 17.1 Å². The Morgan fingerprint density at radius 2 is 2.33 bits per heavy atom. The standard InChI is InChI=1S/C12H16N2O/c1-8(13-2)11-7-14-12(15)10-6-4-3-5-9(10)11/h3,5,7-8,13H,4,6H2,1-2H3,(H,14,15)/t8-/m1/s1. The van der Waals surface area contributed by atoms with E-state index in [2.05, 4.69) is 29.4 Å². The number of aromatic amines is 1. The van der Waals surface area contributed by atoms with Gasteiger partial charge in [0.05, 0.1) is 0 Å². The smallest absolute Gasteiger partial charge is 0.251 e. The van der Waals surface area contributed by atoms with E-state index in [1.54, 1.807) is 0 Å². The van der Waals surface area contributed by atoms with Gasteiger partial charge in [-0.3, -0.25) is 4.79 Å². The van der Waals surface area contributed by atoms with Gasteiger partial charge in [-0.05, 0) is 37.9 Å². The van der Waals surface area contributed by atoms with Crippen LogP contribution in [0.1, 0.15) is 36.1 Å². The molecule has 0 aromatic carbocycles. The number of H-pyrrole nitrogens is 1. The number of pyridine rings is 1. The average Bonchev–Trinajstić information content (AvgIpc) is 2.29. The molecule has 3 nitrogen and oxygen atoms in total. The van der Waals surface area contributed by atoms with Crippen LogP contribution in [0.2, 0.25) is 0 Å². The third-order valence-electron chi connectivity index (χ3n) is 3.01. The maximum absolute atomic E-state index is 11.6. The van der Waals surface area contributed by atoms with Crippen molar-refractivity contribution >= 4 is 6.08 Å². The Kier molecular flexibility index (Phi) is 2.73. The third kappa shape index (κ3) is 1.75. The molecular formula is C12H16N2O. The number of hydrogen-bond acceptors (Lipinski definition) is 2. The van der Waals surface area contributed by atoms with Crippen LogP contribution in [-0.2, 0) is 6.42 Å². The minimum atomic E-state index is 0.0569. The summed E-state index contributed by atoms with van der Waals surface area (Å²) >= 11 is 0. The normalized spacial score (nSPS) is 16.1. The fourth-order valence-corrected chi connectivity index (χ4v) is 1.99. The minimum absolute atomic E-state index is 0.0569. The molecule has 0 bridgehead atoms. The lowest BCUT2D eigenvalue weighted by Gasteiger charge is -2.18.